The van der Waals surface area contributed by atoms with Crippen LogP contribution in [-0.2, 0) is 9.53 Å². The molecule has 2 aliphatic carbocycles. The van der Waals surface area contributed by atoms with E-state index in [2.05, 4.69) is 16.7 Å². The summed E-state index contributed by atoms with van der Waals surface area (Å²) >= 11 is 0. The summed E-state index contributed by atoms with van der Waals surface area (Å²) in [6.45, 7) is 2.17. The van der Waals surface area contributed by atoms with Crippen LogP contribution in [0.4, 0.5) is 8.78 Å². The van der Waals surface area contributed by atoms with Crippen LogP contribution in [0.5, 0.6) is 0 Å². The Bertz CT molecular complexity index is 1570. The van der Waals surface area contributed by atoms with Gasteiger partial charge in [-0.15, -0.1) is 0 Å². The molecular weight excluding hydrogens is 546 g/mol. The molecule has 3 amide bonds. The zero-order chi connectivity index (χ0) is 29.5. The van der Waals surface area contributed by atoms with Gasteiger partial charge in [-0.25, -0.2) is 8.78 Å². The van der Waals surface area contributed by atoms with Crippen LogP contribution in [-0.4, -0.2) is 65.9 Å². The highest BCUT2D eigenvalue weighted by molar-refractivity contribution is 6.01. The molecule has 1 saturated heterocycles. The van der Waals surface area contributed by atoms with Crippen molar-refractivity contribution in [1.82, 2.24) is 15.5 Å². The largest absolute Gasteiger partial charge is 0.451 e. The van der Waals surface area contributed by atoms with E-state index in [1.165, 1.54) is 0 Å². The Morgan fingerprint density at radius 2 is 1.52 bits per heavy atom. The van der Waals surface area contributed by atoms with E-state index in [9.17, 15) is 28.4 Å². The van der Waals surface area contributed by atoms with Gasteiger partial charge in [0.05, 0.1) is 19.3 Å². The number of alkyl halides is 2. The summed E-state index contributed by atoms with van der Waals surface area (Å²) in [4.78, 5) is 41.1. The smallest absolute Gasteiger partial charge is 0.287 e. The van der Waals surface area contributed by atoms with Gasteiger partial charge in [-0.2, -0.15) is 5.26 Å². The van der Waals surface area contributed by atoms with Crippen molar-refractivity contribution < 1.29 is 32.3 Å². The molecule has 0 spiro atoms. The Hall–Kier alpha value is -4.30. The molecule has 1 aromatic heterocycles. The third kappa shape index (κ3) is 5.46. The molecule has 0 radical (unpaired) electrons. The molecule has 6 rings (SSSR count). The zero-order valence-corrected chi connectivity index (χ0v) is 22.9. The summed E-state index contributed by atoms with van der Waals surface area (Å²) in [5.74, 6) is -4.35. The van der Waals surface area contributed by atoms with Gasteiger partial charge in [0.15, 0.2) is 5.76 Å². The SMILES string of the molecule is N#CC1(NC(=O)C2(NC(=O)c3cc4ccc(-c5ccc(C(=O)N6CCOCC6)cc5)cc4o3)CCC(F)(F)CC2)CC1. The van der Waals surface area contributed by atoms with Crippen LogP contribution >= 0.6 is 0 Å². The molecule has 0 bridgehead atoms. The minimum atomic E-state index is -2.93. The number of nitrogens with zero attached hydrogens (tertiary/aromatic N) is 2. The quantitative estimate of drug-likeness (QED) is 0.448. The number of fused-ring (bicyclic) bond motifs is 1. The number of halogens is 2. The Morgan fingerprint density at radius 3 is 2.17 bits per heavy atom. The fraction of sp³-hybridized carbons (Fsp3) is 0.419. The summed E-state index contributed by atoms with van der Waals surface area (Å²) in [7, 11) is 0. The van der Waals surface area contributed by atoms with Crippen LogP contribution in [0, 0.1) is 11.3 Å². The fourth-order valence-electron chi connectivity index (χ4n) is 5.53. The number of morpholine rings is 1. The van der Waals surface area contributed by atoms with Crippen LogP contribution in [0.2, 0.25) is 0 Å². The number of hydrogen-bond donors (Lipinski definition) is 2. The van der Waals surface area contributed by atoms with Crippen LogP contribution in [0.1, 0.15) is 59.4 Å². The van der Waals surface area contributed by atoms with Crippen molar-refractivity contribution in [1.29, 1.82) is 5.26 Å². The predicted molar refractivity (Wildman–Crippen MR) is 148 cm³/mol. The van der Waals surface area contributed by atoms with Crippen LogP contribution < -0.4 is 10.6 Å². The number of furan rings is 1. The van der Waals surface area contributed by atoms with Gasteiger partial charge in [0.2, 0.25) is 11.8 Å². The predicted octanol–water partition coefficient (Wildman–Crippen LogP) is 4.42. The maximum atomic E-state index is 14.0. The van der Waals surface area contributed by atoms with E-state index in [-0.39, 0.29) is 24.5 Å². The number of benzene rings is 2. The molecule has 9 nitrogen and oxygen atoms in total. The van der Waals surface area contributed by atoms with Gasteiger partial charge in [-0.05, 0) is 61.1 Å². The van der Waals surface area contributed by atoms with E-state index in [0.29, 0.717) is 55.7 Å². The second kappa shape index (κ2) is 10.5. The molecule has 11 heteroatoms. The molecule has 2 aromatic carbocycles. The molecule has 0 unspecified atom stereocenters. The molecule has 3 aromatic rings. The van der Waals surface area contributed by atoms with Crippen LogP contribution in [0.3, 0.4) is 0 Å². The number of nitriles is 1. The molecule has 1 aliphatic heterocycles. The Labute approximate surface area is 240 Å². The van der Waals surface area contributed by atoms with Gasteiger partial charge in [0, 0.05) is 36.9 Å². The van der Waals surface area contributed by atoms with E-state index in [1.54, 1.807) is 35.2 Å². The van der Waals surface area contributed by atoms with Crippen molar-refractivity contribution in [2.75, 3.05) is 26.3 Å². The highest BCUT2D eigenvalue weighted by atomic mass is 19.3. The van der Waals surface area contributed by atoms with Gasteiger partial charge < -0.3 is 24.7 Å². The number of ether oxygens (including phenoxy) is 1. The number of nitrogens with one attached hydrogen (secondary N) is 2. The number of amides is 3. The third-order valence-electron chi connectivity index (χ3n) is 8.45. The van der Waals surface area contributed by atoms with E-state index in [4.69, 9.17) is 9.15 Å². The lowest BCUT2D eigenvalue weighted by Gasteiger charge is -2.39. The highest BCUT2D eigenvalue weighted by Crippen LogP contribution is 2.41. The average Bonchev–Trinajstić information content (AvgIpc) is 3.65. The number of carbonyl (C=O) groups is 3. The summed E-state index contributed by atoms with van der Waals surface area (Å²) < 4.78 is 39.2. The van der Waals surface area contributed by atoms with Crippen molar-refractivity contribution in [3.05, 3.63) is 59.9 Å². The van der Waals surface area contributed by atoms with Crippen molar-refractivity contribution >= 4 is 28.7 Å². The highest BCUT2D eigenvalue weighted by Gasteiger charge is 2.53. The van der Waals surface area contributed by atoms with Gasteiger partial charge >= 0.3 is 0 Å². The van der Waals surface area contributed by atoms with E-state index < -0.39 is 41.7 Å². The van der Waals surface area contributed by atoms with Gasteiger partial charge in [0.1, 0.15) is 16.7 Å². The van der Waals surface area contributed by atoms with E-state index in [0.717, 1.165) is 11.1 Å². The standard InChI is InChI=1S/C31H30F2N4O5/c32-31(33)11-9-30(10-12-31,28(40)36-29(19-34)7-8-29)35-26(38)25-18-23-6-5-22(17-24(23)42-25)20-1-3-21(4-2-20)27(39)37-13-15-41-16-14-37/h1-6,17-18H,7-16H2,(H,35,38)(H,36,40). The van der Waals surface area contributed by atoms with Crippen molar-refractivity contribution in [2.24, 2.45) is 0 Å². The monoisotopic (exact) mass is 576 g/mol. The van der Waals surface area contributed by atoms with Gasteiger partial charge in [-0.3, -0.25) is 14.4 Å². The third-order valence-corrected chi connectivity index (χ3v) is 8.45. The normalized spacial score (nSPS) is 20.4. The molecule has 3 aliphatic rings. The lowest BCUT2D eigenvalue weighted by Crippen LogP contribution is -2.62. The maximum Gasteiger partial charge on any atom is 0.287 e. The first-order valence-electron chi connectivity index (χ1n) is 14.1. The molecule has 0 atom stereocenters. The lowest BCUT2D eigenvalue weighted by molar-refractivity contribution is -0.133. The summed E-state index contributed by atoms with van der Waals surface area (Å²) in [6, 6.07) is 16.3. The van der Waals surface area contributed by atoms with E-state index in [1.807, 2.05) is 18.2 Å². The molecule has 2 saturated carbocycles. The fourth-order valence-corrected chi connectivity index (χ4v) is 5.53. The molecule has 2 heterocycles. The number of rotatable bonds is 6. The first-order chi connectivity index (χ1) is 20.1. The van der Waals surface area contributed by atoms with Crippen molar-refractivity contribution in [2.45, 2.75) is 55.5 Å². The summed E-state index contributed by atoms with van der Waals surface area (Å²) in [5, 5.41) is 15.4. The molecule has 3 fully saturated rings. The summed E-state index contributed by atoms with van der Waals surface area (Å²) in [5.41, 5.74) is 0.100. The number of hydrogen-bond acceptors (Lipinski definition) is 6. The second-order valence-corrected chi connectivity index (χ2v) is 11.4. The second-order valence-electron chi connectivity index (χ2n) is 11.4. The molecule has 42 heavy (non-hydrogen) atoms. The molecule has 2 N–H and O–H groups in total. The average molecular weight is 577 g/mol. The first-order valence-corrected chi connectivity index (χ1v) is 14.1. The lowest BCUT2D eigenvalue weighted by atomic mass is 9.78. The number of carbonyl (C=O) groups excluding carboxylic acids is 3. The Morgan fingerprint density at radius 1 is 0.857 bits per heavy atom. The first kappa shape index (κ1) is 27.8. The maximum absolute atomic E-state index is 14.0. The molecular formula is C31H30F2N4O5. The minimum Gasteiger partial charge on any atom is -0.451 e. The Balaban J connectivity index is 1.19. The van der Waals surface area contributed by atoms with Crippen LogP contribution in [0.25, 0.3) is 22.1 Å². The topological polar surface area (TPSA) is 125 Å². The zero-order valence-electron chi connectivity index (χ0n) is 22.9. The van der Waals surface area contributed by atoms with E-state index >= 15 is 0 Å². The summed E-state index contributed by atoms with van der Waals surface area (Å²) in [6.07, 6.45) is -0.662. The van der Waals surface area contributed by atoms with Crippen LogP contribution in [0.15, 0.2) is 52.9 Å². The Kier molecular flexibility index (Phi) is 6.97. The molecule has 218 valence electrons. The van der Waals surface area contributed by atoms with Gasteiger partial charge in [-0.1, -0.05) is 24.3 Å². The minimum absolute atomic E-state index is 0.0462. The van der Waals surface area contributed by atoms with Gasteiger partial charge in [0.25, 0.3) is 11.8 Å². The van der Waals surface area contributed by atoms with Crippen molar-refractivity contribution in [3.63, 3.8) is 0 Å². The van der Waals surface area contributed by atoms with Crippen molar-refractivity contribution in [3.8, 4) is 17.2 Å².